The summed E-state index contributed by atoms with van der Waals surface area (Å²) in [5.41, 5.74) is 5.57. The number of aromatic nitrogens is 1. The first-order valence-electron chi connectivity index (χ1n) is 8.17. The van der Waals surface area contributed by atoms with E-state index >= 15 is 0 Å². The van der Waals surface area contributed by atoms with E-state index in [2.05, 4.69) is 18.0 Å². The van der Waals surface area contributed by atoms with Crippen molar-refractivity contribution in [3.63, 3.8) is 0 Å². The van der Waals surface area contributed by atoms with Crippen LogP contribution in [0.3, 0.4) is 0 Å². The number of nitrogens with zero attached hydrogens (tertiary/aromatic N) is 1. The Bertz CT molecular complexity index is 324. The Morgan fingerprint density at radius 2 is 1.50 bits per heavy atom. The number of pyridine rings is 1. The molecule has 0 spiro atoms. The van der Waals surface area contributed by atoms with E-state index in [0.29, 0.717) is 5.82 Å². The highest BCUT2D eigenvalue weighted by molar-refractivity contribution is 7.99. The predicted octanol–water partition coefficient (Wildman–Crippen LogP) is 5.68. The Labute approximate surface area is 128 Å². The monoisotopic (exact) mass is 294 g/mol. The van der Waals surface area contributed by atoms with Crippen molar-refractivity contribution in [2.24, 2.45) is 0 Å². The number of nitrogens with two attached hydrogens (primary N) is 1. The number of nitrogen functional groups attached to an aromatic ring is 1. The minimum atomic E-state index is 0.605. The van der Waals surface area contributed by atoms with Crippen molar-refractivity contribution in [2.75, 3.05) is 11.5 Å². The highest BCUT2D eigenvalue weighted by atomic mass is 32.2. The Hall–Kier alpha value is -0.700. The first-order chi connectivity index (χ1) is 9.83. The Balaban J connectivity index is 1.84. The molecule has 0 bridgehead atoms. The summed E-state index contributed by atoms with van der Waals surface area (Å²) in [5, 5.41) is 0. The predicted molar refractivity (Wildman–Crippen MR) is 91.2 cm³/mol. The molecule has 3 heteroatoms. The van der Waals surface area contributed by atoms with Gasteiger partial charge in [0.15, 0.2) is 0 Å². The van der Waals surface area contributed by atoms with Crippen molar-refractivity contribution < 1.29 is 0 Å². The second kappa shape index (κ2) is 12.1. The average molecular weight is 295 g/mol. The first-order valence-corrected chi connectivity index (χ1v) is 9.16. The molecule has 0 fully saturated rings. The van der Waals surface area contributed by atoms with Crippen LogP contribution < -0.4 is 5.73 Å². The fourth-order valence-electron chi connectivity index (χ4n) is 2.26. The van der Waals surface area contributed by atoms with Gasteiger partial charge in [-0.25, -0.2) is 4.98 Å². The van der Waals surface area contributed by atoms with Crippen LogP contribution in [0.15, 0.2) is 23.2 Å². The van der Waals surface area contributed by atoms with Crippen LogP contribution in [0.5, 0.6) is 0 Å². The summed E-state index contributed by atoms with van der Waals surface area (Å²) in [5.74, 6) is 1.80. The smallest absolute Gasteiger partial charge is 0.123 e. The molecule has 0 unspecified atom stereocenters. The standard InChI is InChI=1S/C17H30N2S/c1-2-3-4-5-6-7-8-9-10-11-14-20-16-12-13-17(18)19-15-16/h12-13,15H,2-11,14H2,1H3,(H2,18,19). The highest BCUT2D eigenvalue weighted by Gasteiger charge is 1.96. The maximum Gasteiger partial charge on any atom is 0.123 e. The lowest BCUT2D eigenvalue weighted by atomic mass is 10.1. The van der Waals surface area contributed by atoms with E-state index < -0.39 is 0 Å². The molecule has 1 rings (SSSR count). The third-order valence-corrected chi connectivity index (χ3v) is 4.59. The molecule has 0 saturated heterocycles. The third kappa shape index (κ3) is 9.24. The number of thioether (sulfide) groups is 1. The van der Waals surface area contributed by atoms with Gasteiger partial charge in [-0.1, -0.05) is 64.7 Å². The van der Waals surface area contributed by atoms with E-state index in [1.807, 2.05) is 24.0 Å². The number of anilines is 1. The second-order valence-electron chi connectivity index (χ2n) is 5.45. The maximum absolute atomic E-state index is 5.57. The van der Waals surface area contributed by atoms with Crippen molar-refractivity contribution in [3.8, 4) is 0 Å². The molecule has 1 aromatic rings. The summed E-state index contributed by atoms with van der Waals surface area (Å²) in [6.45, 7) is 2.28. The number of rotatable bonds is 12. The Morgan fingerprint density at radius 3 is 2.05 bits per heavy atom. The fraction of sp³-hybridized carbons (Fsp3) is 0.706. The summed E-state index contributed by atoms with van der Waals surface area (Å²) < 4.78 is 0. The van der Waals surface area contributed by atoms with Gasteiger partial charge >= 0.3 is 0 Å². The van der Waals surface area contributed by atoms with Crippen molar-refractivity contribution in [1.82, 2.24) is 4.98 Å². The number of unbranched alkanes of at least 4 members (excludes halogenated alkanes) is 9. The lowest BCUT2D eigenvalue weighted by molar-refractivity contribution is 0.563. The number of hydrogen-bond acceptors (Lipinski definition) is 3. The van der Waals surface area contributed by atoms with Gasteiger partial charge in [0.1, 0.15) is 5.82 Å². The van der Waals surface area contributed by atoms with Crippen LogP contribution in [0.4, 0.5) is 5.82 Å². The molecule has 0 atom stereocenters. The van der Waals surface area contributed by atoms with Gasteiger partial charge in [0.25, 0.3) is 0 Å². The lowest BCUT2D eigenvalue weighted by Gasteiger charge is -2.03. The highest BCUT2D eigenvalue weighted by Crippen LogP contribution is 2.19. The molecule has 0 aliphatic heterocycles. The average Bonchev–Trinajstić information content (AvgIpc) is 2.47. The van der Waals surface area contributed by atoms with E-state index in [0.717, 1.165) is 0 Å². The van der Waals surface area contributed by atoms with E-state index in [-0.39, 0.29) is 0 Å². The molecule has 0 aliphatic rings. The van der Waals surface area contributed by atoms with Gasteiger partial charge in [-0.05, 0) is 24.3 Å². The van der Waals surface area contributed by atoms with Gasteiger partial charge in [0.2, 0.25) is 0 Å². The van der Waals surface area contributed by atoms with Crippen LogP contribution in [0.25, 0.3) is 0 Å². The summed E-state index contributed by atoms with van der Waals surface area (Å²) in [6.07, 6.45) is 15.9. The number of hydrogen-bond donors (Lipinski definition) is 1. The molecule has 1 heterocycles. The third-order valence-electron chi connectivity index (χ3n) is 3.53. The summed E-state index contributed by atoms with van der Waals surface area (Å²) in [7, 11) is 0. The van der Waals surface area contributed by atoms with E-state index in [1.165, 1.54) is 74.9 Å². The molecule has 0 amide bonds. The Morgan fingerprint density at radius 1 is 0.900 bits per heavy atom. The molecular weight excluding hydrogens is 264 g/mol. The van der Waals surface area contributed by atoms with Crippen molar-refractivity contribution in [2.45, 2.75) is 76.0 Å². The van der Waals surface area contributed by atoms with Crippen LogP contribution in [-0.4, -0.2) is 10.7 Å². The molecule has 2 N–H and O–H groups in total. The Kier molecular flexibility index (Phi) is 10.5. The van der Waals surface area contributed by atoms with Crippen molar-refractivity contribution in [3.05, 3.63) is 18.3 Å². The van der Waals surface area contributed by atoms with Gasteiger partial charge in [-0.2, -0.15) is 0 Å². The van der Waals surface area contributed by atoms with E-state index in [4.69, 9.17) is 5.73 Å². The lowest BCUT2D eigenvalue weighted by Crippen LogP contribution is -1.88. The zero-order chi connectivity index (χ0) is 14.5. The largest absolute Gasteiger partial charge is 0.384 e. The van der Waals surface area contributed by atoms with Crippen LogP contribution in [-0.2, 0) is 0 Å². The molecule has 0 saturated carbocycles. The van der Waals surface area contributed by atoms with Gasteiger partial charge in [-0.15, -0.1) is 11.8 Å². The molecule has 20 heavy (non-hydrogen) atoms. The summed E-state index contributed by atoms with van der Waals surface area (Å²) >= 11 is 1.89. The quantitative estimate of drug-likeness (QED) is 0.398. The van der Waals surface area contributed by atoms with Gasteiger partial charge in [-0.3, -0.25) is 0 Å². The summed E-state index contributed by atoms with van der Waals surface area (Å²) in [6, 6.07) is 3.93. The first kappa shape index (κ1) is 17.4. The molecular formula is C17H30N2S. The van der Waals surface area contributed by atoms with Crippen molar-refractivity contribution in [1.29, 1.82) is 0 Å². The van der Waals surface area contributed by atoms with Crippen molar-refractivity contribution >= 4 is 17.6 Å². The molecule has 0 aromatic carbocycles. The second-order valence-corrected chi connectivity index (χ2v) is 6.62. The van der Waals surface area contributed by atoms with Gasteiger partial charge < -0.3 is 5.73 Å². The van der Waals surface area contributed by atoms with Crippen LogP contribution in [0, 0.1) is 0 Å². The topological polar surface area (TPSA) is 38.9 Å². The maximum atomic E-state index is 5.57. The minimum Gasteiger partial charge on any atom is -0.384 e. The zero-order valence-electron chi connectivity index (χ0n) is 12.9. The normalized spacial score (nSPS) is 10.8. The summed E-state index contributed by atoms with van der Waals surface area (Å²) in [4.78, 5) is 5.34. The van der Waals surface area contributed by atoms with Gasteiger partial charge in [0, 0.05) is 11.1 Å². The molecule has 0 radical (unpaired) electrons. The molecule has 114 valence electrons. The molecule has 0 aliphatic carbocycles. The fourth-order valence-corrected chi connectivity index (χ4v) is 3.13. The van der Waals surface area contributed by atoms with Gasteiger partial charge in [0.05, 0.1) is 0 Å². The van der Waals surface area contributed by atoms with Crippen LogP contribution in [0.1, 0.15) is 71.1 Å². The van der Waals surface area contributed by atoms with E-state index in [1.54, 1.807) is 0 Å². The van der Waals surface area contributed by atoms with Crippen LogP contribution >= 0.6 is 11.8 Å². The zero-order valence-corrected chi connectivity index (χ0v) is 13.8. The minimum absolute atomic E-state index is 0.605. The van der Waals surface area contributed by atoms with Crippen LogP contribution in [0.2, 0.25) is 0 Å². The molecule has 1 aromatic heterocycles. The SMILES string of the molecule is CCCCCCCCCCCCSc1ccc(N)nc1. The van der Waals surface area contributed by atoms with E-state index in [9.17, 15) is 0 Å². The molecule has 2 nitrogen and oxygen atoms in total.